The zero-order chi connectivity index (χ0) is 26.0. The van der Waals surface area contributed by atoms with E-state index < -0.39 is 10.0 Å². The fourth-order valence-corrected chi connectivity index (χ4v) is 4.46. The molecule has 36 heavy (non-hydrogen) atoms. The first-order chi connectivity index (χ1) is 17.3. The van der Waals surface area contributed by atoms with E-state index >= 15 is 0 Å². The maximum absolute atomic E-state index is 12.5. The molecule has 0 bridgehead atoms. The Morgan fingerprint density at radius 2 is 1.72 bits per heavy atom. The summed E-state index contributed by atoms with van der Waals surface area (Å²) in [5, 5.41) is 9.18. The molecule has 3 N–H and O–H groups in total. The number of aryl methyl sites for hydroxylation is 1. The smallest absolute Gasteiger partial charge is 0.263 e. The quantitative estimate of drug-likeness (QED) is 0.214. The number of unbranched alkanes of at least 4 members (excludes halogenated alkanes) is 4. The summed E-state index contributed by atoms with van der Waals surface area (Å²) in [6, 6.07) is 14.2. The molecule has 2 aromatic carbocycles. The second-order valence-electron chi connectivity index (χ2n) is 8.15. The third-order valence-corrected chi connectivity index (χ3v) is 6.72. The first-order valence-corrected chi connectivity index (χ1v) is 13.6. The van der Waals surface area contributed by atoms with Crippen molar-refractivity contribution in [2.75, 3.05) is 16.6 Å². The zero-order valence-electron chi connectivity index (χ0n) is 20.2. The molecule has 0 radical (unpaired) electrons. The average Bonchev–Trinajstić information content (AvgIpc) is 3.25. The number of amides is 1. The predicted octanol–water partition coefficient (Wildman–Crippen LogP) is 5.26. The Bertz CT molecular complexity index is 1260. The summed E-state index contributed by atoms with van der Waals surface area (Å²) >= 11 is 5.22. The average molecular weight is 531 g/mol. The standard InChI is InChI=1S/C25H30N4O5S2/c1-3-4-5-6-7-16-33-21-12-8-19(9-13-21)24(30)27-25(35)26-20-10-14-22(15-11-20)36(31,32)29-23-17-18(2)34-28-23/h8-15,17H,3-7,16H2,1-2H3,(H,28,29)(H2,26,27,30,35). The third-order valence-electron chi connectivity index (χ3n) is 5.15. The van der Waals surface area contributed by atoms with Crippen LogP contribution in [0.5, 0.6) is 5.75 Å². The van der Waals surface area contributed by atoms with Gasteiger partial charge in [0.1, 0.15) is 11.5 Å². The van der Waals surface area contributed by atoms with E-state index in [2.05, 4.69) is 27.4 Å². The van der Waals surface area contributed by atoms with Crippen molar-refractivity contribution in [2.24, 2.45) is 0 Å². The number of carbonyl (C=O) groups excluding carboxylic acids is 1. The molecular formula is C25H30N4O5S2. The lowest BCUT2D eigenvalue weighted by molar-refractivity contribution is 0.0977. The van der Waals surface area contributed by atoms with Gasteiger partial charge in [0.25, 0.3) is 15.9 Å². The van der Waals surface area contributed by atoms with Crippen LogP contribution in [0.4, 0.5) is 11.5 Å². The van der Waals surface area contributed by atoms with E-state index in [1.807, 2.05) is 0 Å². The van der Waals surface area contributed by atoms with Crippen molar-refractivity contribution in [3.63, 3.8) is 0 Å². The molecule has 0 aliphatic heterocycles. The molecule has 9 nitrogen and oxygen atoms in total. The van der Waals surface area contributed by atoms with Crippen LogP contribution in [0.2, 0.25) is 0 Å². The van der Waals surface area contributed by atoms with E-state index in [0.717, 1.165) is 12.8 Å². The number of thiocarbonyl (C=S) groups is 1. The topological polar surface area (TPSA) is 123 Å². The molecule has 0 fully saturated rings. The van der Waals surface area contributed by atoms with Gasteiger partial charge in [0.05, 0.1) is 11.5 Å². The van der Waals surface area contributed by atoms with Gasteiger partial charge in [-0.25, -0.2) is 8.42 Å². The third kappa shape index (κ3) is 8.35. The van der Waals surface area contributed by atoms with E-state index in [1.54, 1.807) is 31.2 Å². The summed E-state index contributed by atoms with van der Waals surface area (Å²) in [6.45, 7) is 4.50. The highest BCUT2D eigenvalue weighted by atomic mass is 32.2. The monoisotopic (exact) mass is 530 g/mol. The van der Waals surface area contributed by atoms with E-state index in [4.69, 9.17) is 21.5 Å². The molecule has 0 aliphatic rings. The lowest BCUT2D eigenvalue weighted by Gasteiger charge is -2.11. The molecule has 11 heteroatoms. The number of aromatic nitrogens is 1. The van der Waals surface area contributed by atoms with Crippen LogP contribution in [0.15, 0.2) is 64.0 Å². The van der Waals surface area contributed by atoms with Crippen LogP contribution in [0.1, 0.15) is 55.1 Å². The number of nitrogens with one attached hydrogen (secondary N) is 3. The largest absolute Gasteiger partial charge is 0.494 e. The lowest BCUT2D eigenvalue weighted by atomic mass is 10.2. The molecule has 0 saturated carbocycles. The van der Waals surface area contributed by atoms with Gasteiger partial charge in [-0.2, -0.15) is 0 Å². The number of anilines is 2. The Kier molecular flexibility index (Phi) is 9.83. The molecular weight excluding hydrogens is 500 g/mol. The summed E-state index contributed by atoms with van der Waals surface area (Å²) < 4.78 is 37.9. The number of benzene rings is 2. The van der Waals surface area contributed by atoms with Gasteiger partial charge in [-0.3, -0.25) is 14.8 Å². The molecule has 0 aliphatic carbocycles. The summed E-state index contributed by atoms with van der Waals surface area (Å²) in [7, 11) is -3.83. The minimum Gasteiger partial charge on any atom is -0.494 e. The van der Waals surface area contributed by atoms with Crippen LogP contribution in [-0.4, -0.2) is 31.2 Å². The number of hydrogen-bond donors (Lipinski definition) is 3. The van der Waals surface area contributed by atoms with Crippen molar-refractivity contribution in [2.45, 2.75) is 50.8 Å². The second kappa shape index (κ2) is 13.0. The number of rotatable bonds is 12. The van der Waals surface area contributed by atoms with Gasteiger partial charge in [0.2, 0.25) is 0 Å². The van der Waals surface area contributed by atoms with Crippen LogP contribution in [-0.2, 0) is 10.0 Å². The SMILES string of the molecule is CCCCCCCOc1ccc(C(=O)NC(=S)Nc2ccc(S(=O)(=O)Nc3cc(C)on3)cc2)cc1. The van der Waals surface area contributed by atoms with Crippen LogP contribution in [0.3, 0.4) is 0 Å². The van der Waals surface area contributed by atoms with Gasteiger partial charge in [-0.1, -0.05) is 37.8 Å². The summed E-state index contributed by atoms with van der Waals surface area (Å²) in [6.07, 6.45) is 5.83. The van der Waals surface area contributed by atoms with Gasteiger partial charge >= 0.3 is 0 Å². The number of sulfonamides is 1. The van der Waals surface area contributed by atoms with Crippen molar-refractivity contribution in [3.05, 3.63) is 65.9 Å². The molecule has 0 spiro atoms. The predicted molar refractivity (Wildman–Crippen MR) is 143 cm³/mol. The van der Waals surface area contributed by atoms with Crippen molar-refractivity contribution >= 4 is 44.8 Å². The molecule has 0 unspecified atom stereocenters. The highest BCUT2D eigenvalue weighted by Gasteiger charge is 2.16. The molecule has 1 amide bonds. The van der Waals surface area contributed by atoms with Gasteiger partial charge in [-0.05, 0) is 74.1 Å². The van der Waals surface area contributed by atoms with Crippen LogP contribution >= 0.6 is 12.2 Å². The Hall–Kier alpha value is -3.44. The second-order valence-corrected chi connectivity index (χ2v) is 10.2. The maximum Gasteiger partial charge on any atom is 0.263 e. The molecule has 0 saturated heterocycles. The van der Waals surface area contributed by atoms with Gasteiger partial charge < -0.3 is 14.6 Å². The fraction of sp³-hybridized carbons (Fsp3) is 0.320. The van der Waals surface area contributed by atoms with Gasteiger partial charge in [0.15, 0.2) is 10.9 Å². The summed E-state index contributed by atoms with van der Waals surface area (Å²) in [5.74, 6) is 0.928. The van der Waals surface area contributed by atoms with Gasteiger partial charge in [0, 0.05) is 17.3 Å². The normalized spacial score (nSPS) is 11.1. The van der Waals surface area contributed by atoms with E-state index in [9.17, 15) is 13.2 Å². The number of nitrogens with zero attached hydrogens (tertiary/aromatic N) is 1. The first kappa shape index (κ1) is 27.2. The van der Waals surface area contributed by atoms with E-state index in [-0.39, 0.29) is 21.7 Å². The zero-order valence-corrected chi connectivity index (χ0v) is 21.9. The Balaban J connectivity index is 1.47. The molecule has 3 aromatic rings. The summed E-state index contributed by atoms with van der Waals surface area (Å²) in [4.78, 5) is 12.5. The molecule has 192 valence electrons. The Labute approximate surface area is 216 Å². The Morgan fingerprint density at radius 3 is 2.36 bits per heavy atom. The first-order valence-electron chi connectivity index (χ1n) is 11.7. The van der Waals surface area contributed by atoms with E-state index in [1.165, 1.54) is 49.6 Å². The summed E-state index contributed by atoms with van der Waals surface area (Å²) in [5.41, 5.74) is 0.948. The van der Waals surface area contributed by atoms with Crippen LogP contribution in [0.25, 0.3) is 0 Å². The minimum atomic E-state index is -3.83. The van der Waals surface area contributed by atoms with Crippen LogP contribution < -0.4 is 20.1 Å². The number of ether oxygens (including phenoxy) is 1. The molecule has 1 aromatic heterocycles. The van der Waals surface area contributed by atoms with Crippen molar-refractivity contribution in [3.8, 4) is 5.75 Å². The van der Waals surface area contributed by atoms with Crippen molar-refractivity contribution in [1.82, 2.24) is 10.5 Å². The molecule has 0 atom stereocenters. The van der Waals surface area contributed by atoms with Crippen LogP contribution in [0, 0.1) is 6.92 Å². The van der Waals surface area contributed by atoms with Crippen molar-refractivity contribution in [1.29, 1.82) is 0 Å². The Morgan fingerprint density at radius 1 is 1.03 bits per heavy atom. The number of hydrogen-bond acceptors (Lipinski definition) is 7. The molecule has 3 rings (SSSR count). The minimum absolute atomic E-state index is 0.0342. The van der Waals surface area contributed by atoms with Crippen molar-refractivity contribution < 1.29 is 22.5 Å². The van der Waals surface area contributed by atoms with E-state index in [0.29, 0.717) is 29.4 Å². The maximum atomic E-state index is 12.5. The highest BCUT2D eigenvalue weighted by molar-refractivity contribution is 7.92. The number of carbonyl (C=O) groups is 1. The van der Waals surface area contributed by atoms with Gasteiger partial charge in [-0.15, -0.1) is 0 Å². The highest BCUT2D eigenvalue weighted by Crippen LogP contribution is 2.18. The molecule has 1 heterocycles. The lowest BCUT2D eigenvalue weighted by Crippen LogP contribution is -2.34. The fourth-order valence-electron chi connectivity index (χ4n) is 3.26.